The van der Waals surface area contributed by atoms with E-state index in [4.69, 9.17) is 11.6 Å². The number of hydrogen-bond acceptors (Lipinski definition) is 4. The lowest BCUT2D eigenvalue weighted by Gasteiger charge is -1.97. The number of carbonyl (C=O) groups is 2. The van der Waals surface area contributed by atoms with E-state index in [-0.39, 0.29) is 5.70 Å². The molecule has 0 unspecified atom stereocenters. The molecule has 0 radical (unpaired) electrons. The second-order valence-electron chi connectivity index (χ2n) is 4.18. The van der Waals surface area contributed by atoms with Crippen molar-refractivity contribution in [2.75, 3.05) is 0 Å². The average molecular weight is 337 g/mol. The van der Waals surface area contributed by atoms with Crippen molar-refractivity contribution in [2.45, 2.75) is 9.10 Å². The van der Waals surface area contributed by atoms with Crippen molar-refractivity contribution >= 4 is 52.7 Å². The molecule has 3 rings (SSSR count). The Hall–Kier alpha value is -1.76. The quantitative estimate of drug-likeness (QED) is 0.663. The normalized spacial score (nSPS) is 16.1. The van der Waals surface area contributed by atoms with Gasteiger partial charge in [0.15, 0.2) is 0 Å². The molecule has 0 atom stereocenters. The van der Waals surface area contributed by atoms with Gasteiger partial charge in [-0.25, -0.2) is 4.79 Å². The monoisotopic (exact) mass is 336 g/mol. The van der Waals surface area contributed by atoms with Crippen molar-refractivity contribution in [1.29, 1.82) is 0 Å². The molecule has 1 aliphatic rings. The number of hydrogen-bond donors (Lipinski definition) is 2. The smallest absolute Gasteiger partial charge is 0.303 e. The molecule has 2 heterocycles. The summed E-state index contributed by atoms with van der Waals surface area (Å²) in [7, 11) is 0. The van der Waals surface area contributed by atoms with Crippen molar-refractivity contribution in [2.24, 2.45) is 0 Å². The van der Waals surface area contributed by atoms with Gasteiger partial charge in [-0.3, -0.25) is 10.1 Å². The Morgan fingerprint density at radius 1 is 1.05 bits per heavy atom. The summed E-state index contributed by atoms with van der Waals surface area (Å²) in [5.74, 6) is -0.402. The largest absolute Gasteiger partial charge is 0.326 e. The van der Waals surface area contributed by atoms with Crippen LogP contribution in [0.4, 0.5) is 4.79 Å². The van der Waals surface area contributed by atoms with Gasteiger partial charge in [0.25, 0.3) is 5.91 Å². The van der Waals surface area contributed by atoms with Crippen molar-refractivity contribution in [3.05, 3.63) is 52.0 Å². The zero-order chi connectivity index (χ0) is 14.8. The summed E-state index contributed by atoms with van der Waals surface area (Å²) in [5.41, 5.74) is 0.268. The number of carbonyl (C=O) groups excluding carboxylic acids is 2. The molecule has 0 bridgehead atoms. The second-order valence-corrected chi connectivity index (χ2v) is 7.10. The minimum atomic E-state index is -0.487. The first-order chi connectivity index (χ1) is 10.1. The Balaban J connectivity index is 1.74. The van der Waals surface area contributed by atoms with Gasteiger partial charge in [0.05, 0.1) is 4.21 Å². The van der Waals surface area contributed by atoms with E-state index in [1.165, 1.54) is 0 Å². The van der Waals surface area contributed by atoms with Crippen molar-refractivity contribution in [3.63, 3.8) is 0 Å². The lowest BCUT2D eigenvalue weighted by atomic mass is 10.3. The van der Waals surface area contributed by atoms with Crippen LogP contribution in [0.25, 0.3) is 6.08 Å². The summed E-state index contributed by atoms with van der Waals surface area (Å²) in [5, 5.41) is 5.34. The summed E-state index contributed by atoms with van der Waals surface area (Å²) in [6, 6.07) is 11.0. The van der Waals surface area contributed by atoms with Crippen molar-refractivity contribution in [1.82, 2.24) is 10.6 Å². The molecule has 1 aromatic carbocycles. The molecule has 106 valence electrons. The number of halogens is 1. The third-order valence-electron chi connectivity index (χ3n) is 2.64. The van der Waals surface area contributed by atoms with Gasteiger partial charge in [-0.1, -0.05) is 23.4 Å². The lowest BCUT2D eigenvalue weighted by Crippen LogP contribution is -2.22. The summed E-state index contributed by atoms with van der Waals surface area (Å²) in [6.07, 6.45) is 1.66. The van der Waals surface area contributed by atoms with E-state index in [1.807, 2.05) is 36.4 Å². The Bertz CT molecular complexity index is 738. The summed E-state index contributed by atoms with van der Waals surface area (Å²) in [6.45, 7) is 0. The van der Waals surface area contributed by atoms with Crippen molar-refractivity contribution < 1.29 is 9.59 Å². The standard InChI is InChI=1S/C14H9ClN2O2S2/c15-8-1-3-9(4-2-8)20-12-6-5-10(21-12)7-11-13(18)17-14(19)16-11/h1-7H,(H2,16,17,18,19)/b11-7-. The van der Waals surface area contributed by atoms with E-state index >= 15 is 0 Å². The third kappa shape index (κ3) is 3.47. The zero-order valence-corrected chi connectivity index (χ0v) is 12.9. The molecule has 1 fully saturated rings. The topological polar surface area (TPSA) is 58.2 Å². The van der Waals surface area contributed by atoms with Crippen LogP contribution in [-0.4, -0.2) is 11.9 Å². The summed E-state index contributed by atoms with van der Waals surface area (Å²) < 4.78 is 1.09. The minimum absolute atomic E-state index is 0.268. The molecule has 7 heteroatoms. The highest BCUT2D eigenvalue weighted by Crippen LogP contribution is 2.34. The Kier molecular flexibility index (Phi) is 4.01. The first-order valence-electron chi connectivity index (χ1n) is 5.97. The second kappa shape index (κ2) is 5.93. The van der Waals surface area contributed by atoms with Crippen LogP contribution in [0.2, 0.25) is 5.02 Å². The van der Waals surface area contributed by atoms with E-state index in [1.54, 1.807) is 29.2 Å². The van der Waals surface area contributed by atoms with Crippen LogP contribution in [0.15, 0.2) is 51.2 Å². The third-order valence-corrected chi connectivity index (χ3v) is 5.06. The molecule has 1 aliphatic heterocycles. The molecular weight excluding hydrogens is 328 g/mol. The maximum Gasteiger partial charge on any atom is 0.326 e. The van der Waals surface area contributed by atoms with E-state index in [9.17, 15) is 9.59 Å². The van der Waals surface area contributed by atoms with Crippen LogP contribution in [0.1, 0.15) is 4.88 Å². The number of imide groups is 1. The van der Waals surface area contributed by atoms with Gasteiger partial charge in [0, 0.05) is 14.8 Å². The first kappa shape index (κ1) is 14.2. The van der Waals surface area contributed by atoms with Crippen molar-refractivity contribution in [3.8, 4) is 0 Å². The van der Waals surface area contributed by atoms with Crippen LogP contribution < -0.4 is 10.6 Å². The molecule has 0 saturated carbocycles. The Labute approximate surface area is 134 Å². The molecule has 21 heavy (non-hydrogen) atoms. The molecule has 2 N–H and O–H groups in total. The number of benzene rings is 1. The van der Waals surface area contributed by atoms with Crippen LogP contribution >= 0.6 is 34.7 Å². The molecule has 4 nitrogen and oxygen atoms in total. The Morgan fingerprint density at radius 2 is 1.81 bits per heavy atom. The van der Waals surface area contributed by atoms with E-state index in [2.05, 4.69) is 10.6 Å². The highest BCUT2D eigenvalue weighted by atomic mass is 35.5. The SMILES string of the molecule is O=C1NC(=O)/C(=C/c2ccc(Sc3ccc(Cl)cc3)s2)N1. The number of nitrogens with one attached hydrogen (secondary N) is 2. The van der Waals surface area contributed by atoms with Gasteiger partial charge in [-0.2, -0.15) is 0 Å². The van der Waals surface area contributed by atoms with Gasteiger partial charge in [-0.05, 0) is 42.5 Å². The van der Waals surface area contributed by atoms with Crippen LogP contribution in [0.3, 0.4) is 0 Å². The molecule has 3 amide bonds. The fraction of sp³-hybridized carbons (Fsp3) is 0. The van der Waals surface area contributed by atoms with Gasteiger partial charge in [0.2, 0.25) is 0 Å². The maximum absolute atomic E-state index is 11.4. The fourth-order valence-corrected chi connectivity index (χ4v) is 3.90. The Morgan fingerprint density at radius 3 is 2.48 bits per heavy atom. The lowest BCUT2D eigenvalue weighted by molar-refractivity contribution is -0.115. The van der Waals surface area contributed by atoms with Crippen LogP contribution in [0, 0.1) is 0 Å². The highest BCUT2D eigenvalue weighted by molar-refractivity contribution is 8.01. The predicted octanol–water partition coefficient (Wildman–Crippen LogP) is 3.73. The number of thiophene rings is 1. The molecule has 2 aromatic rings. The molecule has 0 aliphatic carbocycles. The predicted molar refractivity (Wildman–Crippen MR) is 84.5 cm³/mol. The van der Waals surface area contributed by atoms with Crippen LogP contribution in [0.5, 0.6) is 0 Å². The van der Waals surface area contributed by atoms with E-state index in [0.717, 1.165) is 14.0 Å². The highest BCUT2D eigenvalue weighted by Gasteiger charge is 2.22. The summed E-state index contributed by atoms with van der Waals surface area (Å²) in [4.78, 5) is 24.5. The number of amides is 3. The molecule has 1 aromatic heterocycles. The van der Waals surface area contributed by atoms with E-state index < -0.39 is 11.9 Å². The maximum atomic E-state index is 11.4. The fourth-order valence-electron chi connectivity index (χ4n) is 1.71. The van der Waals surface area contributed by atoms with Gasteiger partial charge in [0.1, 0.15) is 5.70 Å². The van der Waals surface area contributed by atoms with Gasteiger partial charge in [-0.15, -0.1) is 11.3 Å². The van der Waals surface area contributed by atoms with E-state index in [0.29, 0.717) is 5.02 Å². The number of rotatable bonds is 3. The molecule has 0 spiro atoms. The number of urea groups is 1. The van der Waals surface area contributed by atoms with Crippen LogP contribution in [-0.2, 0) is 4.79 Å². The first-order valence-corrected chi connectivity index (χ1v) is 7.98. The molecular formula is C14H9ClN2O2S2. The van der Waals surface area contributed by atoms with Gasteiger partial charge < -0.3 is 5.32 Å². The average Bonchev–Trinajstić information content (AvgIpc) is 3.00. The zero-order valence-electron chi connectivity index (χ0n) is 10.6. The van der Waals surface area contributed by atoms with Gasteiger partial charge >= 0.3 is 6.03 Å². The molecule has 1 saturated heterocycles. The summed E-state index contributed by atoms with van der Waals surface area (Å²) >= 11 is 9.02. The minimum Gasteiger partial charge on any atom is -0.303 e.